The fourth-order valence-electron chi connectivity index (χ4n) is 2.67. The Balaban J connectivity index is 1.77. The Bertz CT molecular complexity index is 492. The first kappa shape index (κ1) is 11.9. The lowest BCUT2D eigenvalue weighted by Crippen LogP contribution is -2.28. The minimum absolute atomic E-state index is 0.357. The van der Waals surface area contributed by atoms with E-state index in [1.54, 1.807) is 11.3 Å². The second-order valence-corrected chi connectivity index (χ2v) is 5.67. The Hall–Kier alpha value is -1.13. The molecule has 1 N–H and O–H groups in total. The Morgan fingerprint density at radius 1 is 1.61 bits per heavy atom. The average molecular weight is 262 g/mol. The number of furan rings is 1. The predicted octanol–water partition coefficient (Wildman–Crippen LogP) is 3.85. The van der Waals surface area contributed by atoms with Gasteiger partial charge >= 0.3 is 0 Å². The van der Waals surface area contributed by atoms with Gasteiger partial charge in [-0.05, 0) is 25.3 Å². The van der Waals surface area contributed by atoms with Gasteiger partial charge in [-0.2, -0.15) is 0 Å². The van der Waals surface area contributed by atoms with Crippen LogP contribution in [0.3, 0.4) is 0 Å². The maximum absolute atomic E-state index is 5.54. The van der Waals surface area contributed by atoms with Gasteiger partial charge in [-0.15, -0.1) is 11.3 Å². The van der Waals surface area contributed by atoms with Gasteiger partial charge in [0.05, 0.1) is 12.3 Å². The van der Waals surface area contributed by atoms with E-state index in [1.807, 2.05) is 17.8 Å². The van der Waals surface area contributed by atoms with Gasteiger partial charge in [-0.3, -0.25) is 0 Å². The lowest BCUT2D eigenvalue weighted by atomic mass is 9.92. The van der Waals surface area contributed by atoms with Crippen molar-refractivity contribution in [3.8, 4) is 0 Å². The summed E-state index contributed by atoms with van der Waals surface area (Å²) in [7, 11) is 0. The largest absolute Gasteiger partial charge is 0.469 e. The van der Waals surface area contributed by atoms with Crippen molar-refractivity contribution in [3.63, 3.8) is 0 Å². The SMILES string of the molecule is CCC(NC1CCCc2occc21)c1nccs1. The minimum atomic E-state index is 0.357. The van der Waals surface area contributed by atoms with Crippen LogP contribution < -0.4 is 5.32 Å². The van der Waals surface area contributed by atoms with Gasteiger partial charge in [0.1, 0.15) is 10.8 Å². The molecule has 2 unspecified atom stereocenters. The minimum Gasteiger partial charge on any atom is -0.469 e. The van der Waals surface area contributed by atoms with Crippen LogP contribution in [-0.2, 0) is 6.42 Å². The Labute approximate surface area is 111 Å². The summed E-state index contributed by atoms with van der Waals surface area (Å²) in [6.45, 7) is 2.21. The first-order chi connectivity index (χ1) is 8.88. The fraction of sp³-hybridized carbons (Fsp3) is 0.500. The molecule has 2 atom stereocenters. The van der Waals surface area contributed by atoms with Crippen LogP contribution in [0.4, 0.5) is 0 Å². The summed E-state index contributed by atoms with van der Waals surface area (Å²) in [5.74, 6) is 1.16. The van der Waals surface area contributed by atoms with Crippen LogP contribution in [-0.4, -0.2) is 4.98 Å². The highest BCUT2D eigenvalue weighted by atomic mass is 32.1. The Kier molecular flexibility index (Phi) is 3.48. The molecule has 2 aromatic heterocycles. The van der Waals surface area contributed by atoms with E-state index >= 15 is 0 Å². The lowest BCUT2D eigenvalue weighted by molar-refractivity contribution is 0.370. The first-order valence-corrected chi connectivity index (χ1v) is 7.48. The molecule has 2 aromatic rings. The van der Waals surface area contributed by atoms with Crippen molar-refractivity contribution in [2.45, 2.75) is 44.7 Å². The van der Waals surface area contributed by atoms with Gasteiger partial charge in [-0.1, -0.05) is 6.92 Å². The van der Waals surface area contributed by atoms with E-state index in [-0.39, 0.29) is 0 Å². The van der Waals surface area contributed by atoms with Crippen molar-refractivity contribution < 1.29 is 4.42 Å². The van der Waals surface area contributed by atoms with Crippen LogP contribution in [0.25, 0.3) is 0 Å². The van der Waals surface area contributed by atoms with Gasteiger partial charge < -0.3 is 9.73 Å². The maximum atomic E-state index is 5.54. The number of aryl methyl sites for hydroxylation is 1. The molecule has 1 aliphatic carbocycles. The Morgan fingerprint density at radius 2 is 2.56 bits per heavy atom. The predicted molar refractivity (Wildman–Crippen MR) is 72.7 cm³/mol. The highest BCUT2D eigenvalue weighted by molar-refractivity contribution is 7.09. The summed E-state index contributed by atoms with van der Waals surface area (Å²) in [6, 6.07) is 2.89. The normalized spacial score (nSPS) is 20.6. The monoisotopic (exact) mass is 262 g/mol. The molecule has 2 heterocycles. The molecular formula is C14H18N2OS. The van der Waals surface area contributed by atoms with E-state index in [1.165, 1.54) is 23.4 Å². The molecule has 0 saturated carbocycles. The lowest BCUT2D eigenvalue weighted by Gasteiger charge is -2.26. The number of aromatic nitrogens is 1. The van der Waals surface area contributed by atoms with E-state index in [0.29, 0.717) is 12.1 Å². The highest BCUT2D eigenvalue weighted by Crippen LogP contribution is 2.33. The third-order valence-corrected chi connectivity index (χ3v) is 4.50. The topological polar surface area (TPSA) is 38.1 Å². The molecule has 0 spiro atoms. The molecule has 96 valence electrons. The first-order valence-electron chi connectivity index (χ1n) is 6.60. The molecule has 1 aliphatic rings. The van der Waals surface area contributed by atoms with Gasteiger partial charge in [0, 0.05) is 29.6 Å². The van der Waals surface area contributed by atoms with Crippen molar-refractivity contribution in [2.24, 2.45) is 0 Å². The van der Waals surface area contributed by atoms with Crippen molar-refractivity contribution in [2.75, 3.05) is 0 Å². The molecule has 4 heteroatoms. The summed E-state index contributed by atoms with van der Waals surface area (Å²) in [5.41, 5.74) is 1.34. The maximum Gasteiger partial charge on any atom is 0.109 e. The molecule has 3 rings (SSSR count). The summed E-state index contributed by atoms with van der Waals surface area (Å²) in [4.78, 5) is 4.43. The van der Waals surface area contributed by atoms with E-state index in [9.17, 15) is 0 Å². The molecule has 18 heavy (non-hydrogen) atoms. The third-order valence-electron chi connectivity index (χ3n) is 3.61. The quantitative estimate of drug-likeness (QED) is 0.909. The molecular weight excluding hydrogens is 244 g/mol. The smallest absolute Gasteiger partial charge is 0.109 e. The van der Waals surface area contributed by atoms with Crippen LogP contribution in [0.5, 0.6) is 0 Å². The average Bonchev–Trinajstić information content (AvgIpc) is 3.06. The number of nitrogens with one attached hydrogen (secondary N) is 1. The molecule has 0 fully saturated rings. The fourth-order valence-corrected chi connectivity index (χ4v) is 3.45. The van der Waals surface area contributed by atoms with Gasteiger partial charge in [0.2, 0.25) is 0 Å². The summed E-state index contributed by atoms with van der Waals surface area (Å²) >= 11 is 1.73. The molecule has 0 radical (unpaired) electrons. The van der Waals surface area contributed by atoms with Gasteiger partial charge in [0.25, 0.3) is 0 Å². The van der Waals surface area contributed by atoms with Crippen LogP contribution in [0, 0.1) is 0 Å². The van der Waals surface area contributed by atoms with Gasteiger partial charge in [0.15, 0.2) is 0 Å². The van der Waals surface area contributed by atoms with E-state index in [2.05, 4.69) is 23.3 Å². The number of nitrogens with zero attached hydrogens (tertiary/aromatic N) is 1. The van der Waals surface area contributed by atoms with Crippen LogP contribution >= 0.6 is 11.3 Å². The van der Waals surface area contributed by atoms with E-state index in [0.717, 1.165) is 18.6 Å². The zero-order chi connectivity index (χ0) is 12.4. The zero-order valence-electron chi connectivity index (χ0n) is 10.6. The second kappa shape index (κ2) is 5.24. The van der Waals surface area contributed by atoms with Crippen LogP contribution in [0.2, 0.25) is 0 Å². The number of rotatable bonds is 4. The van der Waals surface area contributed by atoms with E-state index < -0.39 is 0 Å². The Morgan fingerprint density at radius 3 is 3.33 bits per heavy atom. The summed E-state index contributed by atoms with van der Waals surface area (Å²) < 4.78 is 5.54. The van der Waals surface area contributed by atoms with Crippen LogP contribution in [0.1, 0.15) is 54.6 Å². The molecule has 0 aromatic carbocycles. The molecule has 0 bridgehead atoms. The number of fused-ring (bicyclic) bond motifs is 1. The molecule has 3 nitrogen and oxygen atoms in total. The van der Waals surface area contributed by atoms with Crippen molar-refractivity contribution >= 4 is 11.3 Å². The van der Waals surface area contributed by atoms with E-state index in [4.69, 9.17) is 4.42 Å². The number of hydrogen-bond acceptors (Lipinski definition) is 4. The zero-order valence-corrected chi connectivity index (χ0v) is 11.4. The van der Waals surface area contributed by atoms with Crippen molar-refractivity contribution in [3.05, 3.63) is 40.2 Å². The van der Waals surface area contributed by atoms with Crippen LogP contribution in [0.15, 0.2) is 28.3 Å². The molecule has 0 aliphatic heterocycles. The summed E-state index contributed by atoms with van der Waals surface area (Å²) in [5, 5.41) is 6.97. The third kappa shape index (κ3) is 2.22. The highest BCUT2D eigenvalue weighted by Gasteiger charge is 2.25. The van der Waals surface area contributed by atoms with Crippen molar-refractivity contribution in [1.82, 2.24) is 10.3 Å². The standard InChI is InChI=1S/C14H18N2OS/c1-2-11(14-15-7-9-18-14)16-12-4-3-5-13-10(12)6-8-17-13/h6-9,11-12,16H,2-5H2,1H3. The van der Waals surface area contributed by atoms with Crippen molar-refractivity contribution in [1.29, 1.82) is 0 Å². The number of thiazole rings is 1. The number of hydrogen-bond donors (Lipinski definition) is 1. The van der Waals surface area contributed by atoms with Gasteiger partial charge in [-0.25, -0.2) is 4.98 Å². The summed E-state index contributed by atoms with van der Waals surface area (Å²) in [6.07, 6.45) is 8.23. The second-order valence-electron chi connectivity index (χ2n) is 4.74. The molecule has 0 amide bonds. The molecule has 0 saturated heterocycles.